The maximum atomic E-state index is 12.2. The van der Waals surface area contributed by atoms with Gasteiger partial charge in [0, 0.05) is 0 Å². The maximum Gasteiger partial charge on any atom is 0.234 e. The summed E-state index contributed by atoms with van der Waals surface area (Å²) in [6.07, 6.45) is 0.413. The van der Waals surface area contributed by atoms with E-state index in [4.69, 9.17) is 5.73 Å². The quantitative estimate of drug-likeness (QED) is 0.791. The number of fused-ring (bicyclic) bond motifs is 1. The Labute approximate surface area is 110 Å². The number of benzene rings is 1. The Morgan fingerprint density at radius 1 is 1.21 bits per heavy atom. The van der Waals surface area contributed by atoms with Gasteiger partial charge in [0.2, 0.25) is 17.7 Å². The molecule has 3 rings (SSSR count). The molecule has 3 atom stereocenters. The largest absolute Gasteiger partial charge is 0.369 e. The van der Waals surface area contributed by atoms with Crippen LogP contribution in [-0.4, -0.2) is 22.6 Å². The van der Waals surface area contributed by atoms with Crippen LogP contribution in [0.3, 0.4) is 0 Å². The van der Waals surface area contributed by atoms with E-state index in [0.717, 1.165) is 5.56 Å². The Balaban J connectivity index is 1.79. The minimum absolute atomic E-state index is 0.170. The van der Waals surface area contributed by atoms with Gasteiger partial charge >= 0.3 is 0 Å². The highest BCUT2D eigenvalue weighted by Gasteiger charge is 2.60. The number of primary amides is 1. The molecule has 2 aliphatic rings. The topological polar surface area (TPSA) is 80.5 Å². The van der Waals surface area contributed by atoms with Crippen LogP contribution < -0.4 is 5.73 Å². The predicted molar refractivity (Wildman–Crippen MR) is 66.3 cm³/mol. The molecule has 1 aliphatic carbocycles. The van der Waals surface area contributed by atoms with Gasteiger partial charge in [0.15, 0.2) is 0 Å². The molecule has 1 saturated carbocycles. The highest BCUT2D eigenvalue weighted by Crippen LogP contribution is 2.47. The molecule has 1 heterocycles. The number of hydrogen-bond acceptors (Lipinski definition) is 3. The molecule has 1 aromatic carbocycles. The number of carbonyl (C=O) groups is 3. The maximum absolute atomic E-state index is 12.2. The van der Waals surface area contributed by atoms with Gasteiger partial charge in [-0.15, -0.1) is 0 Å². The third-order valence-corrected chi connectivity index (χ3v) is 4.06. The molecule has 0 aromatic heterocycles. The molecule has 19 heavy (non-hydrogen) atoms. The van der Waals surface area contributed by atoms with E-state index < -0.39 is 17.7 Å². The van der Waals surface area contributed by atoms with Crippen molar-refractivity contribution in [3.05, 3.63) is 35.9 Å². The van der Waals surface area contributed by atoms with Gasteiger partial charge in [-0.05, 0) is 12.0 Å². The van der Waals surface area contributed by atoms with Crippen LogP contribution in [0.15, 0.2) is 30.3 Å². The second kappa shape index (κ2) is 4.19. The van der Waals surface area contributed by atoms with Crippen LogP contribution in [0.1, 0.15) is 12.0 Å². The van der Waals surface area contributed by atoms with Crippen molar-refractivity contribution in [2.24, 2.45) is 23.5 Å². The molecule has 3 amide bonds. The first-order chi connectivity index (χ1) is 9.09. The lowest BCUT2D eigenvalue weighted by Crippen LogP contribution is -2.46. The van der Waals surface area contributed by atoms with Crippen molar-refractivity contribution in [2.75, 3.05) is 0 Å². The number of hydrogen-bond donors (Lipinski definition) is 1. The van der Waals surface area contributed by atoms with Crippen molar-refractivity contribution in [1.29, 1.82) is 0 Å². The van der Waals surface area contributed by atoms with E-state index in [0.29, 0.717) is 6.42 Å². The van der Waals surface area contributed by atoms with Gasteiger partial charge in [0.25, 0.3) is 0 Å². The minimum Gasteiger partial charge on any atom is -0.369 e. The highest BCUT2D eigenvalue weighted by atomic mass is 16.2. The summed E-state index contributed by atoms with van der Waals surface area (Å²) in [4.78, 5) is 36.7. The second-order valence-corrected chi connectivity index (χ2v) is 5.13. The zero-order valence-electron chi connectivity index (χ0n) is 10.3. The van der Waals surface area contributed by atoms with Crippen molar-refractivity contribution >= 4 is 17.7 Å². The van der Waals surface area contributed by atoms with Gasteiger partial charge in [0.05, 0.1) is 24.3 Å². The third kappa shape index (κ3) is 1.73. The second-order valence-electron chi connectivity index (χ2n) is 5.13. The minimum atomic E-state index is -0.520. The first kappa shape index (κ1) is 11.9. The summed E-state index contributed by atoms with van der Waals surface area (Å²) in [5.41, 5.74) is 6.14. The lowest BCUT2D eigenvalue weighted by Gasteiger charge is -2.33. The van der Waals surface area contributed by atoms with Gasteiger partial charge in [-0.2, -0.15) is 0 Å². The molecule has 2 fully saturated rings. The number of carbonyl (C=O) groups excluding carboxylic acids is 3. The Hall–Kier alpha value is -2.17. The van der Waals surface area contributed by atoms with Crippen molar-refractivity contribution in [3.63, 3.8) is 0 Å². The number of nitrogens with zero attached hydrogens (tertiary/aromatic N) is 1. The van der Waals surface area contributed by atoms with Crippen molar-refractivity contribution < 1.29 is 14.4 Å². The number of nitrogens with two attached hydrogens (primary N) is 1. The van der Waals surface area contributed by atoms with Crippen molar-refractivity contribution in [1.82, 2.24) is 4.90 Å². The number of rotatable bonds is 3. The summed E-state index contributed by atoms with van der Waals surface area (Å²) in [5.74, 6) is -2.24. The fraction of sp³-hybridized carbons (Fsp3) is 0.357. The van der Waals surface area contributed by atoms with Crippen LogP contribution >= 0.6 is 0 Å². The average Bonchev–Trinajstić information content (AvgIpc) is 2.50. The zero-order valence-corrected chi connectivity index (χ0v) is 10.3. The molecule has 5 nitrogen and oxygen atoms in total. The monoisotopic (exact) mass is 258 g/mol. The molecule has 2 N–H and O–H groups in total. The standard InChI is InChI=1S/C14H14N2O3/c15-12(17)9-6-10-11(9)14(19)16(13(10)18)7-8-4-2-1-3-5-8/h1-5,9-11H,6-7H2,(H2,15,17)/t9-,10-,11+/m1/s1. The molecule has 0 unspecified atom stereocenters. The molecule has 0 radical (unpaired) electrons. The molecule has 1 saturated heterocycles. The van der Waals surface area contributed by atoms with Crippen LogP contribution in [0.5, 0.6) is 0 Å². The van der Waals surface area contributed by atoms with Crippen molar-refractivity contribution in [2.45, 2.75) is 13.0 Å². The lowest BCUT2D eigenvalue weighted by atomic mass is 9.66. The molecule has 98 valence electrons. The first-order valence-electron chi connectivity index (χ1n) is 6.28. The normalized spacial score (nSPS) is 29.1. The van der Waals surface area contributed by atoms with E-state index in [1.54, 1.807) is 0 Å². The van der Waals surface area contributed by atoms with Crippen LogP contribution in [0.2, 0.25) is 0 Å². The molecular weight excluding hydrogens is 244 g/mol. The first-order valence-corrected chi connectivity index (χ1v) is 6.28. The van der Waals surface area contributed by atoms with Gasteiger partial charge in [0.1, 0.15) is 0 Å². The molecule has 0 bridgehead atoms. The summed E-state index contributed by atoms with van der Waals surface area (Å²) in [7, 11) is 0. The Bertz CT molecular complexity index is 555. The van der Waals surface area contributed by atoms with E-state index in [-0.39, 0.29) is 24.3 Å². The van der Waals surface area contributed by atoms with E-state index in [2.05, 4.69) is 0 Å². The Morgan fingerprint density at radius 2 is 1.89 bits per heavy atom. The van der Waals surface area contributed by atoms with Gasteiger partial charge < -0.3 is 5.73 Å². The summed E-state index contributed by atoms with van der Waals surface area (Å²) < 4.78 is 0. The van der Waals surface area contributed by atoms with Crippen LogP contribution in [0.25, 0.3) is 0 Å². The molecule has 0 spiro atoms. The Kier molecular flexibility index (Phi) is 2.62. The Morgan fingerprint density at radius 3 is 2.53 bits per heavy atom. The molecule has 1 aromatic rings. The summed E-state index contributed by atoms with van der Waals surface area (Å²) in [6, 6.07) is 9.34. The van der Waals surface area contributed by atoms with Crippen molar-refractivity contribution in [3.8, 4) is 0 Å². The number of imide groups is 1. The third-order valence-electron chi connectivity index (χ3n) is 4.06. The van der Waals surface area contributed by atoms with Gasteiger partial charge in [-0.3, -0.25) is 19.3 Å². The van der Waals surface area contributed by atoms with E-state index in [1.165, 1.54) is 4.90 Å². The molecular formula is C14H14N2O3. The predicted octanol–water partition coefficient (Wildman–Crippen LogP) is 0.293. The zero-order chi connectivity index (χ0) is 13.6. The highest BCUT2D eigenvalue weighted by molar-refractivity contribution is 6.08. The van der Waals surface area contributed by atoms with Gasteiger partial charge in [-0.25, -0.2) is 0 Å². The molecule has 5 heteroatoms. The van der Waals surface area contributed by atoms with E-state index >= 15 is 0 Å². The number of likely N-dealkylation sites (tertiary alicyclic amines) is 1. The SMILES string of the molecule is NC(=O)[C@@H]1C[C@H]2C(=O)N(Cc3ccccc3)C(=O)[C@@H]12. The summed E-state index contributed by atoms with van der Waals surface area (Å²) in [5, 5.41) is 0. The fourth-order valence-corrected chi connectivity index (χ4v) is 2.95. The van der Waals surface area contributed by atoms with Gasteiger partial charge in [-0.1, -0.05) is 30.3 Å². The fourth-order valence-electron chi connectivity index (χ4n) is 2.95. The molecule has 1 aliphatic heterocycles. The smallest absolute Gasteiger partial charge is 0.234 e. The van der Waals surface area contributed by atoms with E-state index in [9.17, 15) is 14.4 Å². The average molecular weight is 258 g/mol. The van der Waals surface area contributed by atoms with Crippen LogP contribution in [0, 0.1) is 17.8 Å². The van der Waals surface area contributed by atoms with Crippen LogP contribution in [-0.2, 0) is 20.9 Å². The summed E-state index contributed by atoms with van der Waals surface area (Å²) >= 11 is 0. The summed E-state index contributed by atoms with van der Waals surface area (Å²) in [6.45, 7) is 0.275. The number of amides is 3. The lowest BCUT2D eigenvalue weighted by molar-refractivity contribution is -0.142. The van der Waals surface area contributed by atoms with Crippen LogP contribution in [0.4, 0.5) is 0 Å². The van der Waals surface area contributed by atoms with E-state index in [1.807, 2.05) is 30.3 Å².